The van der Waals surface area contributed by atoms with E-state index in [0.29, 0.717) is 12.4 Å². The second kappa shape index (κ2) is 3.18. The normalized spacial score (nSPS) is 14.3. The van der Waals surface area contributed by atoms with E-state index in [0.717, 1.165) is 31.4 Å². The molecule has 3 nitrogen and oxygen atoms in total. The van der Waals surface area contributed by atoms with E-state index in [4.69, 9.17) is 17.3 Å². The molecule has 3 heterocycles. The Morgan fingerprint density at radius 2 is 2.12 bits per heavy atom. The number of rotatable bonds is 0. The maximum absolute atomic E-state index is 6.23. The van der Waals surface area contributed by atoms with E-state index < -0.39 is 0 Å². The van der Waals surface area contributed by atoms with Crippen molar-refractivity contribution in [3.63, 3.8) is 0 Å². The summed E-state index contributed by atoms with van der Waals surface area (Å²) in [6.07, 6.45) is 0. The van der Waals surface area contributed by atoms with Gasteiger partial charge < -0.3 is 5.73 Å². The van der Waals surface area contributed by atoms with Gasteiger partial charge in [0.1, 0.15) is 10.7 Å². The Morgan fingerprint density at radius 3 is 2.88 bits per heavy atom. The van der Waals surface area contributed by atoms with Crippen molar-refractivity contribution in [3.8, 4) is 0 Å². The summed E-state index contributed by atoms with van der Waals surface area (Å²) >= 11 is 7.83. The zero-order valence-corrected chi connectivity index (χ0v) is 10.5. The number of thiophene rings is 1. The molecule has 0 aromatic carbocycles. The minimum atomic E-state index is 0.631. The first-order valence-electron chi connectivity index (χ1n) is 4.98. The molecule has 82 valence electrons. The first-order valence-corrected chi connectivity index (χ1v) is 6.17. The zero-order valence-electron chi connectivity index (χ0n) is 8.97. The fourth-order valence-corrected chi connectivity index (χ4v) is 3.44. The molecule has 0 radical (unpaired) electrons. The van der Waals surface area contributed by atoms with Crippen LogP contribution in [-0.4, -0.2) is 10.8 Å². The van der Waals surface area contributed by atoms with Crippen LogP contribution in [0, 0.1) is 13.8 Å². The number of halogens is 1. The molecule has 0 bridgehead atoms. The number of aryl methyl sites for hydroxylation is 2. The molecule has 0 atom stereocenters. The van der Waals surface area contributed by atoms with E-state index in [2.05, 4.69) is 9.98 Å². The summed E-state index contributed by atoms with van der Waals surface area (Å²) in [5, 5.41) is 1.89. The predicted molar refractivity (Wildman–Crippen MR) is 68.5 cm³/mol. The monoisotopic (exact) mass is 251 g/mol. The highest BCUT2D eigenvalue weighted by molar-refractivity contribution is 7.20. The van der Waals surface area contributed by atoms with Gasteiger partial charge in [0, 0.05) is 10.9 Å². The van der Waals surface area contributed by atoms with Crippen molar-refractivity contribution in [2.24, 2.45) is 10.7 Å². The van der Waals surface area contributed by atoms with Crippen molar-refractivity contribution in [1.29, 1.82) is 0 Å². The van der Waals surface area contributed by atoms with Gasteiger partial charge in [0.15, 0.2) is 0 Å². The molecule has 2 aromatic heterocycles. The molecule has 0 saturated carbocycles. The Balaban J connectivity index is 2.46. The molecule has 5 heteroatoms. The molecule has 0 spiro atoms. The van der Waals surface area contributed by atoms with Crippen LogP contribution in [0.4, 0.5) is 0 Å². The molecule has 0 aliphatic carbocycles. The third-order valence-electron chi connectivity index (χ3n) is 2.92. The van der Waals surface area contributed by atoms with Gasteiger partial charge >= 0.3 is 0 Å². The van der Waals surface area contributed by atoms with Crippen molar-refractivity contribution in [3.05, 3.63) is 26.7 Å². The van der Waals surface area contributed by atoms with Gasteiger partial charge in [-0.25, -0.2) is 4.98 Å². The third kappa shape index (κ3) is 1.14. The summed E-state index contributed by atoms with van der Waals surface area (Å²) in [5.74, 6) is 0.631. The summed E-state index contributed by atoms with van der Waals surface area (Å²) in [4.78, 5) is 10.8. The Kier molecular flexibility index (Phi) is 2.00. The summed E-state index contributed by atoms with van der Waals surface area (Å²) in [6.45, 7) is 4.61. The van der Waals surface area contributed by atoms with Crippen LogP contribution in [0.5, 0.6) is 0 Å². The average molecular weight is 252 g/mol. The SMILES string of the molecule is Cc1nc2sc3c(c2c(C)c1Cl)CN=C3N. The number of nitrogens with two attached hydrogens (primary N) is 1. The summed E-state index contributed by atoms with van der Waals surface area (Å²) in [7, 11) is 0. The van der Waals surface area contributed by atoms with Crippen LogP contribution in [0.25, 0.3) is 10.2 Å². The lowest BCUT2D eigenvalue weighted by Crippen LogP contribution is -2.07. The van der Waals surface area contributed by atoms with Crippen LogP contribution >= 0.6 is 22.9 Å². The van der Waals surface area contributed by atoms with Crippen LogP contribution in [0.2, 0.25) is 5.02 Å². The average Bonchev–Trinajstić information content (AvgIpc) is 2.76. The van der Waals surface area contributed by atoms with Crippen molar-refractivity contribution in [1.82, 2.24) is 4.98 Å². The maximum atomic E-state index is 6.23. The quantitative estimate of drug-likeness (QED) is 0.783. The largest absolute Gasteiger partial charge is 0.383 e. The Labute approximate surface area is 102 Å². The number of hydrogen-bond donors (Lipinski definition) is 1. The number of nitrogens with zero attached hydrogens (tertiary/aromatic N) is 2. The van der Waals surface area contributed by atoms with Crippen LogP contribution in [0.3, 0.4) is 0 Å². The number of fused-ring (bicyclic) bond motifs is 3. The fraction of sp³-hybridized carbons (Fsp3) is 0.273. The number of aromatic nitrogens is 1. The van der Waals surface area contributed by atoms with Crippen molar-refractivity contribution >= 4 is 39.0 Å². The lowest BCUT2D eigenvalue weighted by atomic mass is 10.1. The molecule has 16 heavy (non-hydrogen) atoms. The van der Waals surface area contributed by atoms with E-state index in [-0.39, 0.29) is 0 Å². The van der Waals surface area contributed by atoms with Crippen LogP contribution < -0.4 is 5.73 Å². The van der Waals surface area contributed by atoms with Gasteiger partial charge in [-0.1, -0.05) is 11.6 Å². The van der Waals surface area contributed by atoms with E-state index in [9.17, 15) is 0 Å². The van der Waals surface area contributed by atoms with Crippen molar-refractivity contribution in [2.45, 2.75) is 20.4 Å². The summed E-state index contributed by atoms with van der Waals surface area (Å²) < 4.78 is 0. The van der Waals surface area contributed by atoms with Gasteiger partial charge in [0.05, 0.1) is 22.1 Å². The van der Waals surface area contributed by atoms with Crippen LogP contribution in [-0.2, 0) is 6.54 Å². The highest BCUT2D eigenvalue weighted by Gasteiger charge is 2.23. The molecule has 0 saturated heterocycles. The van der Waals surface area contributed by atoms with Crippen molar-refractivity contribution < 1.29 is 0 Å². The van der Waals surface area contributed by atoms with Gasteiger partial charge in [0.2, 0.25) is 0 Å². The molecule has 0 unspecified atom stereocenters. The lowest BCUT2D eigenvalue weighted by molar-refractivity contribution is 1.12. The second-order valence-electron chi connectivity index (χ2n) is 3.93. The molecule has 1 aliphatic rings. The smallest absolute Gasteiger partial charge is 0.136 e. The predicted octanol–water partition coefficient (Wildman–Crippen LogP) is 2.79. The first-order chi connectivity index (χ1) is 7.59. The van der Waals surface area contributed by atoms with Gasteiger partial charge in [0.25, 0.3) is 0 Å². The van der Waals surface area contributed by atoms with Crippen LogP contribution in [0.1, 0.15) is 21.7 Å². The molecular weight excluding hydrogens is 242 g/mol. The van der Waals surface area contributed by atoms with Gasteiger partial charge in [-0.2, -0.15) is 0 Å². The minimum absolute atomic E-state index is 0.631. The number of pyridine rings is 1. The van der Waals surface area contributed by atoms with E-state index in [1.54, 1.807) is 11.3 Å². The Bertz CT molecular complexity index is 642. The Hall–Kier alpha value is -1.13. The maximum Gasteiger partial charge on any atom is 0.136 e. The van der Waals surface area contributed by atoms with E-state index in [1.165, 1.54) is 5.56 Å². The van der Waals surface area contributed by atoms with E-state index in [1.807, 2.05) is 13.8 Å². The molecule has 2 aromatic rings. The lowest BCUT2D eigenvalue weighted by Gasteiger charge is -2.04. The Morgan fingerprint density at radius 1 is 1.38 bits per heavy atom. The highest BCUT2D eigenvalue weighted by Crippen LogP contribution is 2.38. The van der Waals surface area contributed by atoms with Gasteiger partial charge in [-0.05, 0) is 19.4 Å². The highest BCUT2D eigenvalue weighted by atomic mass is 35.5. The summed E-state index contributed by atoms with van der Waals surface area (Å²) in [6, 6.07) is 0. The minimum Gasteiger partial charge on any atom is -0.383 e. The molecule has 3 rings (SSSR count). The van der Waals surface area contributed by atoms with Crippen LogP contribution in [0.15, 0.2) is 4.99 Å². The number of amidine groups is 1. The molecule has 0 fully saturated rings. The second-order valence-corrected chi connectivity index (χ2v) is 5.30. The van der Waals surface area contributed by atoms with Crippen molar-refractivity contribution in [2.75, 3.05) is 0 Å². The van der Waals surface area contributed by atoms with E-state index >= 15 is 0 Å². The molecule has 0 amide bonds. The molecular formula is C11H10ClN3S. The first kappa shape index (κ1) is 10.1. The number of aliphatic imine (C=N–C) groups is 1. The zero-order chi connectivity index (χ0) is 11.4. The topological polar surface area (TPSA) is 51.3 Å². The fourth-order valence-electron chi connectivity index (χ4n) is 2.09. The standard InChI is InChI=1S/C11H10ClN3S/c1-4-7-6-3-14-10(13)9(6)16-11(7)15-5(2)8(4)12/h3H2,1-2H3,(H2,13,14). The number of hydrogen-bond acceptors (Lipinski definition) is 4. The molecule has 1 aliphatic heterocycles. The van der Waals surface area contributed by atoms with Gasteiger partial charge in [-0.15, -0.1) is 11.3 Å². The van der Waals surface area contributed by atoms with Gasteiger partial charge in [-0.3, -0.25) is 4.99 Å². The molecule has 2 N–H and O–H groups in total. The summed E-state index contributed by atoms with van der Waals surface area (Å²) in [5.41, 5.74) is 8.99. The third-order valence-corrected chi connectivity index (χ3v) is 4.63.